The molecule has 0 radical (unpaired) electrons. The summed E-state index contributed by atoms with van der Waals surface area (Å²) in [6, 6.07) is 9.52. The van der Waals surface area contributed by atoms with Crippen LogP contribution < -0.4 is 5.32 Å². The molecule has 0 bridgehead atoms. The predicted octanol–water partition coefficient (Wildman–Crippen LogP) is 3.89. The smallest absolute Gasteiger partial charge is 0.256 e. The fourth-order valence-electron chi connectivity index (χ4n) is 1.83. The fourth-order valence-corrected chi connectivity index (χ4v) is 2.84. The number of hydrogen-bond acceptors (Lipinski definition) is 2. The highest BCUT2D eigenvalue weighted by molar-refractivity contribution is 7.11. The lowest BCUT2D eigenvalue weighted by Crippen LogP contribution is -2.03. The number of carbonyl (C=O) groups is 1. The highest BCUT2D eigenvalue weighted by Gasteiger charge is 2.23. The van der Waals surface area contributed by atoms with Gasteiger partial charge in [0.25, 0.3) is 5.91 Å². The van der Waals surface area contributed by atoms with Crippen molar-refractivity contribution >= 4 is 46.2 Å². The minimum absolute atomic E-state index is 0.0595. The minimum Gasteiger partial charge on any atom is -0.321 e. The summed E-state index contributed by atoms with van der Waals surface area (Å²) in [6.45, 7) is 0. The van der Waals surface area contributed by atoms with Gasteiger partial charge >= 0.3 is 0 Å². The van der Waals surface area contributed by atoms with E-state index in [1.165, 1.54) is 11.3 Å². The first kappa shape index (κ1) is 10.6. The summed E-state index contributed by atoms with van der Waals surface area (Å²) >= 11 is 7.39. The minimum atomic E-state index is -0.0595. The van der Waals surface area contributed by atoms with Gasteiger partial charge in [0.2, 0.25) is 0 Å². The van der Waals surface area contributed by atoms with Gasteiger partial charge in [-0.05, 0) is 18.2 Å². The van der Waals surface area contributed by atoms with Gasteiger partial charge in [0.05, 0.1) is 10.6 Å². The fraction of sp³-hybridized carbons (Fsp3) is 0. The molecule has 1 aromatic carbocycles. The van der Waals surface area contributed by atoms with Crippen molar-refractivity contribution in [2.75, 3.05) is 5.32 Å². The molecule has 2 aromatic rings. The number of para-hydroxylation sites is 1. The summed E-state index contributed by atoms with van der Waals surface area (Å²) in [5.74, 6) is -0.0595. The van der Waals surface area contributed by atoms with Gasteiger partial charge in [0.15, 0.2) is 0 Å². The summed E-state index contributed by atoms with van der Waals surface area (Å²) in [6.07, 6.45) is 1.87. The van der Waals surface area contributed by atoms with Crippen LogP contribution in [0.15, 0.2) is 35.7 Å². The number of anilines is 1. The van der Waals surface area contributed by atoms with Crippen LogP contribution in [0.3, 0.4) is 0 Å². The molecule has 0 aliphatic carbocycles. The van der Waals surface area contributed by atoms with E-state index in [9.17, 15) is 4.79 Å². The molecular weight excluding hydrogens is 254 g/mol. The molecule has 0 saturated heterocycles. The second-order valence-electron chi connectivity index (χ2n) is 3.73. The summed E-state index contributed by atoms with van der Waals surface area (Å²) in [4.78, 5) is 12.8. The van der Waals surface area contributed by atoms with E-state index < -0.39 is 0 Å². The third-order valence-electron chi connectivity index (χ3n) is 2.58. The number of rotatable bonds is 1. The number of amides is 1. The molecule has 4 heteroatoms. The number of nitrogens with one attached hydrogen (secondary N) is 1. The van der Waals surface area contributed by atoms with Crippen LogP contribution in [-0.4, -0.2) is 5.91 Å². The van der Waals surface area contributed by atoms with Crippen molar-refractivity contribution in [3.05, 3.63) is 51.2 Å². The first-order valence-corrected chi connectivity index (χ1v) is 6.36. The first-order valence-electron chi connectivity index (χ1n) is 5.10. The Morgan fingerprint density at radius 3 is 2.88 bits per heavy atom. The summed E-state index contributed by atoms with van der Waals surface area (Å²) in [5, 5.41) is 5.40. The average Bonchev–Trinajstić information content (AvgIpc) is 2.85. The van der Waals surface area contributed by atoms with Gasteiger partial charge in [-0.25, -0.2) is 0 Å². The van der Waals surface area contributed by atoms with Gasteiger partial charge in [-0.1, -0.05) is 29.8 Å². The normalized spacial score (nSPS) is 16.1. The van der Waals surface area contributed by atoms with E-state index in [1.807, 2.05) is 41.8 Å². The maximum atomic E-state index is 11.8. The standard InChI is InChI=1S/C13H8ClNOS/c14-8-5-9(17-7-8)6-11-10-3-1-2-4-12(10)15-13(11)16/h1-7H,(H,15,16). The topological polar surface area (TPSA) is 29.1 Å². The second-order valence-corrected chi connectivity index (χ2v) is 5.10. The molecule has 0 saturated carbocycles. The number of thiophene rings is 1. The van der Waals surface area contributed by atoms with E-state index in [0.717, 1.165) is 16.1 Å². The van der Waals surface area contributed by atoms with Crippen LogP contribution in [0.1, 0.15) is 10.4 Å². The second kappa shape index (κ2) is 4.02. The van der Waals surface area contributed by atoms with Crippen molar-refractivity contribution in [1.82, 2.24) is 0 Å². The number of benzene rings is 1. The Morgan fingerprint density at radius 2 is 2.12 bits per heavy atom. The van der Waals surface area contributed by atoms with Crippen molar-refractivity contribution in [3.8, 4) is 0 Å². The monoisotopic (exact) mass is 261 g/mol. The van der Waals surface area contributed by atoms with E-state index >= 15 is 0 Å². The van der Waals surface area contributed by atoms with E-state index in [1.54, 1.807) is 0 Å². The van der Waals surface area contributed by atoms with Crippen LogP contribution in [-0.2, 0) is 4.79 Å². The molecule has 1 aromatic heterocycles. The van der Waals surface area contributed by atoms with Crippen LogP contribution in [0.25, 0.3) is 11.6 Å². The zero-order valence-electron chi connectivity index (χ0n) is 8.74. The van der Waals surface area contributed by atoms with Crippen molar-refractivity contribution in [2.24, 2.45) is 0 Å². The van der Waals surface area contributed by atoms with Crippen LogP contribution in [0.2, 0.25) is 5.02 Å². The number of hydrogen-bond donors (Lipinski definition) is 1. The molecular formula is C13H8ClNOS. The van der Waals surface area contributed by atoms with Crippen molar-refractivity contribution in [3.63, 3.8) is 0 Å². The molecule has 84 valence electrons. The first-order chi connectivity index (χ1) is 8.24. The molecule has 0 spiro atoms. The Labute approximate surface area is 108 Å². The summed E-state index contributed by atoms with van der Waals surface area (Å²) < 4.78 is 0. The molecule has 1 aliphatic heterocycles. The Morgan fingerprint density at radius 1 is 1.29 bits per heavy atom. The molecule has 0 unspecified atom stereocenters. The molecule has 3 rings (SSSR count). The van der Waals surface area contributed by atoms with Crippen LogP contribution in [0.4, 0.5) is 5.69 Å². The van der Waals surface area contributed by atoms with Crippen LogP contribution in [0.5, 0.6) is 0 Å². The largest absolute Gasteiger partial charge is 0.321 e. The molecule has 1 N–H and O–H groups in total. The van der Waals surface area contributed by atoms with E-state index in [4.69, 9.17) is 11.6 Å². The lowest BCUT2D eigenvalue weighted by molar-refractivity contribution is -0.110. The Balaban J connectivity index is 2.09. The molecule has 2 heterocycles. The van der Waals surface area contributed by atoms with E-state index in [2.05, 4.69) is 5.32 Å². The third kappa shape index (κ3) is 1.88. The molecule has 1 amide bonds. The highest BCUT2D eigenvalue weighted by atomic mass is 35.5. The SMILES string of the molecule is O=C1Nc2ccccc2C1=Cc1cc(Cl)cs1. The lowest BCUT2D eigenvalue weighted by Gasteiger charge is -1.95. The molecule has 2 nitrogen and oxygen atoms in total. The molecule has 17 heavy (non-hydrogen) atoms. The number of halogens is 1. The van der Waals surface area contributed by atoms with Gasteiger partial charge in [0.1, 0.15) is 0 Å². The highest BCUT2D eigenvalue weighted by Crippen LogP contribution is 2.33. The zero-order valence-corrected chi connectivity index (χ0v) is 10.3. The Hall–Kier alpha value is -1.58. The van der Waals surface area contributed by atoms with E-state index in [0.29, 0.717) is 10.6 Å². The zero-order chi connectivity index (χ0) is 11.8. The van der Waals surface area contributed by atoms with Gasteiger partial charge in [-0.3, -0.25) is 4.79 Å². The lowest BCUT2D eigenvalue weighted by atomic mass is 10.1. The van der Waals surface area contributed by atoms with Gasteiger partial charge in [-0.15, -0.1) is 11.3 Å². The van der Waals surface area contributed by atoms with Gasteiger partial charge < -0.3 is 5.32 Å². The Kier molecular flexibility index (Phi) is 2.50. The van der Waals surface area contributed by atoms with Crippen molar-refractivity contribution in [1.29, 1.82) is 0 Å². The quantitative estimate of drug-likeness (QED) is 0.775. The predicted molar refractivity (Wildman–Crippen MR) is 72.3 cm³/mol. The summed E-state index contributed by atoms with van der Waals surface area (Å²) in [7, 11) is 0. The van der Waals surface area contributed by atoms with Crippen molar-refractivity contribution in [2.45, 2.75) is 0 Å². The van der Waals surface area contributed by atoms with E-state index in [-0.39, 0.29) is 5.91 Å². The molecule has 0 fully saturated rings. The number of fused-ring (bicyclic) bond motifs is 1. The Bertz CT molecular complexity index is 630. The van der Waals surface area contributed by atoms with Crippen molar-refractivity contribution < 1.29 is 4.79 Å². The van der Waals surface area contributed by atoms with Gasteiger partial charge in [-0.2, -0.15) is 0 Å². The maximum absolute atomic E-state index is 11.8. The van der Waals surface area contributed by atoms with Crippen LogP contribution in [0, 0.1) is 0 Å². The maximum Gasteiger partial charge on any atom is 0.256 e. The average molecular weight is 262 g/mol. The van der Waals surface area contributed by atoms with Gasteiger partial charge in [0, 0.05) is 21.5 Å². The third-order valence-corrected chi connectivity index (χ3v) is 3.81. The number of carbonyl (C=O) groups excluding carboxylic acids is 1. The molecule has 0 atom stereocenters. The molecule has 1 aliphatic rings. The summed E-state index contributed by atoms with van der Waals surface area (Å²) in [5.41, 5.74) is 2.51. The van der Waals surface area contributed by atoms with Crippen LogP contribution >= 0.6 is 22.9 Å².